The SMILES string of the molecule is N#Cc1ccc(Cl)c2ncnn12. The molecule has 0 spiro atoms. The van der Waals surface area contributed by atoms with Gasteiger partial charge in [0.1, 0.15) is 18.1 Å². The number of nitrogens with zero attached hydrogens (tertiary/aromatic N) is 4. The quantitative estimate of drug-likeness (QED) is 0.610. The first kappa shape index (κ1) is 7.07. The second kappa shape index (κ2) is 2.47. The van der Waals surface area contributed by atoms with Crippen LogP contribution in [-0.4, -0.2) is 14.6 Å². The number of hydrogen-bond donors (Lipinski definition) is 0. The summed E-state index contributed by atoms with van der Waals surface area (Å²) in [5, 5.41) is 13.0. The van der Waals surface area contributed by atoms with Crippen molar-refractivity contribution in [3.63, 3.8) is 0 Å². The Bertz CT molecular complexity index is 468. The van der Waals surface area contributed by atoms with E-state index in [0.29, 0.717) is 16.4 Å². The van der Waals surface area contributed by atoms with Crippen molar-refractivity contribution in [1.29, 1.82) is 5.26 Å². The molecule has 0 radical (unpaired) electrons. The van der Waals surface area contributed by atoms with Crippen LogP contribution in [0.2, 0.25) is 5.02 Å². The first-order valence-electron chi connectivity index (χ1n) is 3.21. The van der Waals surface area contributed by atoms with Gasteiger partial charge in [-0.15, -0.1) is 0 Å². The van der Waals surface area contributed by atoms with Crippen LogP contribution in [0.1, 0.15) is 5.69 Å². The zero-order valence-corrected chi connectivity index (χ0v) is 6.65. The summed E-state index contributed by atoms with van der Waals surface area (Å²) in [6, 6.07) is 5.22. The molecule has 0 saturated carbocycles. The van der Waals surface area contributed by atoms with Crippen molar-refractivity contribution in [1.82, 2.24) is 14.6 Å². The molecule has 0 aromatic carbocycles. The zero-order chi connectivity index (χ0) is 8.55. The van der Waals surface area contributed by atoms with E-state index in [1.54, 1.807) is 12.1 Å². The molecule has 2 rings (SSSR count). The van der Waals surface area contributed by atoms with E-state index in [1.165, 1.54) is 10.8 Å². The molecule has 0 aliphatic heterocycles. The third-order valence-electron chi connectivity index (χ3n) is 1.49. The maximum Gasteiger partial charge on any atom is 0.175 e. The van der Waals surface area contributed by atoms with E-state index < -0.39 is 0 Å². The molecule has 0 amide bonds. The lowest BCUT2D eigenvalue weighted by Gasteiger charge is -1.95. The normalized spacial score (nSPS) is 10.0. The zero-order valence-electron chi connectivity index (χ0n) is 5.90. The third-order valence-corrected chi connectivity index (χ3v) is 1.79. The lowest BCUT2D eigenvalue weighted by atomic mass is 10.4. The minimum Gasteiger partial charge on any atom is -0.214 e. The van der Waals surface area contributed by atoms with Gasteiger partial charge < -0.3 is 0 Å². The van der Waals surface area contributed by atoms with Crippen LogP contribution in [0.5, 0.6) is 0 Å². The summed E-state index contributed by atoms with van der Waals surface area (Å²) < 4.78 is 1.41. The molecule has 5 heteroatoms. The van der Waals surface area contributed by atoms with E-state index in [9.17, 15) is 0 Å². The summed E-state index contributed by atoms with van der Waals surface area (Å²) >= 11 is 5.79. The average Bonchev–Trinajstić information content (AvgIpc) is 2.54. The predicted octanol–water partition coefficient (Wildman–Crippen LogP) is 1.25. The summed E-state index contributed by atoms with van der Waals surface area (Å²) in [6.07, 6.45) is 1.36. The largest absolute Gasteiger partial charge is 0.214 e. The number of fused-ring (bicyclic) bond motifs is 1. The van der Waals surface area contributed by atoms with Crippen LogP contribution in [0.4, 0.5) is 0 Å². The van der Waals surface area contributed by atoms with Gasteiger partial charge in [0.05, 0.1) is 5.02 Å². The van der Waals surface area contributed by atoms with Gasteiger partial charge in [0, 0.05) is 0 Å². The highest BCUT2D eigenvalue weighted by Gasteiger charge is 2.04. The van der Waals surface area contributed by atoms with E-state index in [-0.39, 0.29) is 0 Å². The van der Waals surface area contributed by atoms with Crippen LogP contribution in [0.3, 0.4) is 0 Å². The number of pyridine rings is 1. The van der Waals surface area contributed by atoms with Crippen LogP contribution in [0, 0.1) is 11.3 Å². The monoisotopic (exact) mass is 178 g/mol. The summed E-state index contributed by atoms with van der Waals surface area (Å²) in [5.41, 5.74) is 0.933. The van der Waals surface area contributed by atoms with Gasteiger partial charge in [-0.2, -0.15) is 10.4 Å². The Morgan fingerprint density at radius 3 is 3.08 bits per heavy atom. The Balaban J connectivity index is 2.94. The van der Waals surface area contributed by atoms with E-state index >= 15 is 0 Å². The topological polar surface area (TPSA) is 54.0 Å². The molecule has 0 bridgehead atoms. The van der Waals surface area contributed by atoms with E-state index in [2.05, 4.69) is 10.1 Å². The molecule has 0 aliphatic carbocycles. The fourth-order valence-corrected chi connectivity index (χ4v) is 1.15. The highest BCUT2D eigenvalue weighted by atomic mass is 35.5. The predicted molar refractivity (Wildman–Crippen MR) is 42.7 cm³/mol. The molecule has 2 aromatic rings. The summed E-state index contributed by atoms with van der Waals surface area (Å²) in [4.78, 5) is 3.90. The molecule has 0 fully saturated rings. The molecule has 0 saturated heterocycles. The van der Waals surface area contributed by atoms with Gasteiger partial charge >= 0.3 is 0 Å². The fourth-order valence-electron chi connectivity index (χ4n) is 0.963. The van der Waals surface area contributed by atoms with Crippen molar-refractivity contribution in [2.24, 2.45) is 0 Å². The van der Waals surface area contributed by atoms with Crippen molar-refractivity contribution < 1.29 is 0 Å². The van der Waals surface area contributed by atoms with Gasteiger partial charge in [0.2, 0.25) is 0 Å². The van der Waals surface area contributed by atoms with Crippen LogP contribution >= 0.6 is 11.6 Å². The Hall–Kier alpha value is -1.60. The van der Waals surface area contributed by atoms with Gasteiger partial charge in [-0.3, -0.25) is 0 Å². The summed E-state index contributed by atoms with van der Waals surface area (Å²) in [5.74, 6) is 0. The van der Waals surface area contributed by atoms with Crippen molar-refractivity contribution in [3.05, 3.63) is 29.2 Å². The average molecular weight is 179 g/mol. The maximum atomic E-state index is 8.66. The number of hydrogen-bond acceptors (Lipinski definition) is 3. The number of nitriles is 1. The van der Waals surface area contributed by atoms with Crippen LogP contribution in [0.15, 0.2) is 18.5 Å². The van der Waals surface area contributed by atoms with Crippen molar-refractivity contribution in [3.8, 4) is 6.07 Å². The van der Waals surface area contributed by atoms with E-state index in [0.717, 1.165) is 0 Å². The van der Waals surface area contributed by atoms with Gasteiger partial charge in [0.25, 0.3) is 0 Å². The van der Waals surface area contributed by atoms with Crippen molar-refractivity contribution in [2.45, 2.75) is 0 Å². The highest BCUT2D eigenvalue weighted by molar-refractivity contribution is 6.33. The second-order valence-electron chi connectivity index (χ2n) is 2.17. The maximum absolute atomic E-state index is 8.66. The molecule has 0 aliphatic rings. The molecule has 4 nitrogen and oxygen atoms in total. The van der Waals surface area contributed by atoms with Crippen LogP contribution in [-0.2, 0) is 0 Å². The lowest BCUT2D eigenvalue weighted by molar-refractivity contribution is 0.941. The second-order valence-corrected chi connectivity index (χ2v) is 2.58. The molecule has 0 N–H and O–H groups in total. The van der Waals surface area contributed by atoms with Gasteiger partial charge in [0.15, 0.2) is 5.65 Å². The number of rotatable bonds is 0. The minimum atomic E-state index is 0.423. The highest BCUT2D eigenvalue weighted by Crippen LogP contribution is 2.15. The first-order valence-corrected chi connectivity index (χ1v) is 3.59. The van der Waals surface area contributed by atoms with Gasteiger partial charge in [-0.25, -0.2) is 9.50 Å². The molecule has 0 unspecified atom stereocenters. The Morgan fingerprint density at radius 2 is 2.33 bits per heavy atom. The molecule has 2 aromatic heterocycles. The summed E-state index contributed by atoms with van der Waals surface area (Å²) in [7, 11) is 0. The molecule has 2 heterocycles. The molecule has 0 atom stereocenters. The smallest absolute Gasteiger partial charge is 0.175 e. The Morgan fingerprint density at radius 1 is 1.50 bits per heavy atom. The van der Waals surface area contributed by atoms with E-state index in [1.807, 2.05) is 6.07 Å². The minimum absolute atomic E-state index is 0.423. The van der Waals surface area contributed by atoms with Gasteiger partial charge in [-0.1, -0.05) is 11.6 Å². The van der Waals surface area contributed by atoms with Gasteiger partial charge in [-0.05, 0) is 12.1 Å². The number of aromatic nitrogens is 3. The van der Waals surface area contributed by atoms with Crippen LogP contribution < -0.4 is 0 Å². The molecule has 58 valence electrons. The Kier molecular flexibility index (Phi) is 1.45. The molecular weight excluding hydrogens is 176 g/mol. The fraction of sp³-hybridized carbons (Fsp3) is 0. The number of halogens is 1. The standard InChI is InChI=1S/C7H3ClN4/c8-6-2-1-5(3-9)12-7(6)10-4-11-12/h1-2,4H. The lowest BCUT2D eigenvalue weighted by Crippen LogP contribution is -1.93. The molecular formula is C7H3ClN4. The van der Waals surface area contributed by atoms with Crippen molar-refractivity contribution in [2.75, 3.05) is 0 Å². The molecule has 12 heavy (non-hydrogen) atoms. The Labute approximate surface area is 73.0 Å². The third kappa shape index (κ3) is 0.840. The van der Waals surface area contributed by atoms with Crippen LogP contribution in [0.25, 0.3) is 5.65 Å². The summed E-state index contributed by atoms with van der Waals surface area (Å²) in [6.45, 7) is 0. The van der Waals surface area contributed by atoms with E-state index in [4.69, 9.17) is 16.9 Å². The first-order chi connectivity index (χ1) is 5.83. The van der Waals surface area contributed by atoms with Crippen molar-refractivity contribution >= 4 is 17.2 Å².